The lowest BCUT2D eigenvalue weighted by Crippen LogP contribution is -2.43. The first kappa shape index (κ1) is 17.4. The third-order valence-corrected chi connectivity index (χ3v) is 3.77. The maximum atomic E-state index is 12.0. The lowest BCUT2D eigenvalue weighted by molar-refractivity contribution is -0.123. The van der Waals surface area contributed by atoms with Gasteiger partial charge in [0.25, 0.3) is 0 Å². The molecule has 0 aromatic heterocycles. The molecule has 20 heavy (non-hydrogen) atoms. The van der Waals surface area contributed by atoms with Crippen molar-refractivity contribution < 1.29 is 14.6 Å². The summed E-state index contributed by atoms with van der Waals surface area (Å²) in [6.45, 7) is 1.08. The van der Waals surface area contributed by atoms with Crippen LogP contribution in [-0.4, -0.2) is 61.9 Å². The molecule has 118 valence electrons. The lowest BCUT2D eigenvalue weighted by Gasteiger charge is -2.24. The molecule has 0 aromatic rings. The van der Waals surface area contributed by atoms with E-state index in [4.69, 9.17) is 4.74 Å². The summed E-state index contributed by atoms with van der Waals surface area (Å²) in [4.78, 5) is 13.8. The number of aliphatic hydroxyl groups is 1. The summed E-state index contributed by atoms with van der Waals surface area (Å²) in [5.41, 5.74) is 0. The van der Waals surface area contributed by atoms with Gasteiger partial charge in [0.15, 0.2) is 0 Å². The molecular weight excluding hydrogens is 256 g/mol. The van der Waals surface area contributed by atoms with Gasteiger partial charge >= 0.3 is 0 Å². The maximum Gasteiger partial charge on any atom is 0.234 e. The molecular formula is C15H30N2O3. The number of methoxy groups -OCH3 is 1. The number of aliphatic hydroxyl groups excluding tert-OH is 1. The second kappa shape index (κ2) is 10.1. The fourth-order valence-corrected chi connectivity index (χ4v) is 2.79. The van der Waals surface area contributed by atoms with Crippen LogP contribution in [0.5, 0.6) is 0 Å². The molecule has 5 heteroatoms. The van der Waals surface area contributed by atoms with Crippen LogP contribution >= 0.6 is 0 Å². The second-order valence-electron chi connectivity index (χ2n) is 5.92. The lowest BCUT2D eigenvalue weighted by atomic mass is 9.97. The predicted octanol–water partition coefficient (Wildman–Crippen LogP) is 1.15. The van der Waals surface area contributed by atoms with Gasteiger partial charge in [-0.3, -0.25) is 9.69 Å². The van der Waals surface area contributed by atoms with Crippen molar-refractivity contribution in [2.45, 2.75) is 57.1 Å². The Balaban J connectivity index is 2.23. The number of carbonyl (C=O) groups is 1. The zero-order valence-electron chi connectivity index (χ0n) is 12.9. The van der Waals surface area contributed by atoms with Crippen molar-refractivity contribution >= 4 is 5.91 Å². The Morgan fingerprint density at radius 1 is 1.30 bits per heavy atom. The van der Waals surface area contributed by atoms with Crippen LogP contribution in [0.2, 0.25) is 0 Å². The zero-order chi connectivity index (χ0) is 14.8. The number of rotatable bonds is 7. The van der Waals surface area contributed by atoms with Crippen molar-refractivity contribution in [3.05, 3.63) is 0 Å². The number of hydrogen-bond donors (Lipinski definition) is 2. The third kappa shape index (κ3) is 7.82. The third-order valence-electron chi connectivity index (χ3n) is 3.77. The topological polar surface area (TPSA) is 61.8 Å². The number of ether oxygens (including phenoxy) is 1. The highest BCUT2D eigenvalue weighted by atomic mass is 16.5. The van der Waals surface area contributed by atoms with E-state index < -0.39 is 6.10 Å². The maximum absolute atomic E-state index is 12.0. The Labute approximate surface area is 122 Å². The van der Waals surface area contributed by atoms with Gasteiger partial charge in [-0.1, -0.05) is 32.1 Å². The second-order valence-corrected chi connectivity index (χ2v) is 5.92. The summed E-state index contributed by atoms with van der Waals surface area (Å²) in [5, 5.41) is 12.8. The summed E-state index contributed by atoms with van der Waals surface area (Å²) in [5.74, 6) is 0.0580. The molecule has 1 rings (SSSR count). The van der Waals surface area contributed by atoms with Crippen LogP contribution in [0.1, 0.15) is 44.9 Å². The van der Waals surface area contributed by atoms with Gasteiger partial charge in [0.1, 0.15) is 0 Å². The highest BCUT2D eigenvalue weighted by Gasteiger charge is 2.16. The van der Waals surface area contributed by atoms with Gasteiger partial charge in [-0.05, 0) is 19.9 Å². The van der Waals surface area contributed by atoms with Gasteiger partial charge in [0.05, 0.1) is 19.3 Å². The smallest absolute Gasteiger partial charge is 0.234 e. The minimum atomic E-state index is -0.542. The summed E-state index contributed by atoms with van der Waals surface area (Å²) in [6, 6.07) is 0.333. The predicted molar refractivity (Wildman–Crippen MR) is 79.6 cm³/mol. The summed E-state index contributed by atoms with van der Waals surface area (Å²) >= 11 is 0. The fourth-order valence-electron chi connectivity index (χ4n) is 2.79. The zero-order valence-corrected chi connectivity index (χ0v) is 12.9. The summed E-state index contributed by atoms with van der Waals surface area (Å²) < 4.78 is 4.88. The minimum Gasteiger partial charge on any atom is -0.389 e. The molecule has 1 amide bonds. The van der Waals surface area contributed by atoms with Gasteiger partial charge in [0.2, 0.25) is 5.91 Å². The van der Waals surface area contributed by atoms with Gasteiger partial charge < -0.3 is 15.2 Å². The standard InChI is InChI=1S/C15H30N2O3/c1-17(10-14(18)12-20-2)11-15(19)16-13-8-6-4-3-5-7-9-13/h13-14,18H,3-12H2,1-2H3,(H,16,19). The first-order valence-corrected chi connectivity index (χ1v) is 7.76. The van der Waals surface area contributed by atoms with Crippen LogP contribution in [-0.2, 0) is 9.53 Å². The van der Waals surface area contributed by atoms with E-state index in [1.54, 1.807) is 7.11 Å². The number of likely N-dealkylation sites (N-methyl/N-ethyl adjacent to an activating group) is 1. The summed E-state index contributed by atoms with van der Waals surface area (Å²) in [6.07, 6.45) is 8.00. The van der Waals surface area contributed by atoms with Gasteiger partial charge in [-0.25, -0.2) is 0 Å². The highest BCUT2D eigenvalue weighted by molar-refractivity contribution is 5.78. The minimum absolute atomic E-state index is 0.0580. The molecule has 5 nitrogen and oxygen atoms in total. The molecule has 0 bridgehead atoms. The molecule has 2 N–H and O–H groups in total. The molecule has 0 radical (unpaired) electrons. The first-order chi connectivity index (χ1) is 9.61. The van der Waals surface area contributed by atoms with E-state index in [0.717, 1.165) is 12.8 Å². The largest absolute Gasteiger partial charge is 0.389 e. The van der Waals surface area contributed by atoms with Crippen LogP contribution in [0, 0.1) is 0 Å². The van der Waals surface area contributed by atoms with Crippen LogP contribution in [0.4, 0.5) is 0 Å². The van der Waals surface area contributed by atoms with E-state index in [-0.39, 0.29) is 5.91 Å². The number of hydrogen-bond acceptors (Lipinski definition) is 4. The van der Waals surface area contributed by atoms with E-state index in [2.05, 4.69) is 5.32 Å². The molecule has 1 aliphatic carbocycles. The van der Waals surface area contributed by atoms with Crippen LogP contribution in [0.15, 0.2) is 0 Å². The Morgan fingerprint density at radius 2 is 1.90 bits per heavy atom. The number of nitrogens with one attached hydrogen (secondary N) is 1. The van der Waals surface area contributed by atoms with Crippen molar-refractivity contribution in [2.75, 3.05) is 33.9 Å². The van der Waals surface area contributed by atoms with E-state index in [1.807, 2.05) is 11.9 Å². The highest BCUT2D eigenvalue weighted by Crippen LogP contribution is 2.16. The van der Waals surface area contributed by atoms with Gasteiger partial charge in [-0.2, -0.15) is 0 Å². The number of amides is 1. The van der Waals surface area contributed by atoms with Gasteiger partial charge in [-0.15, -0.1) is 0 Å². The first-order valence-electron chi connectivity index (χ1n) is 7.76. The molecule has 1 atom stereocenters. The van der Waals surface area contributed by atoms with Crippen molar-refractivity contribution in [1.29, 1.82) is 0 Å². The molecule has 0 saturated heterocycles. The Bertz CT molecular complexity index is 266. The molecule has 0 aromatic carbocycles. The van der Waals surface area contributed by atoms with Gasteiger partial charge in [0, 0.05) is 19.7 Å². The van der Waals surface area contributed by atoms with Crippen molar-refractivity contribution in [3.63, 3.8) is 0 Å². The monoisotopic (exact) mass is 286 g/mol. The van der Waals surface area contributed by atoms with Crippen LogP contribution < -0.4 is 5.32 Å². The average Bonchev–Trinajstić information content (AvgIpc) is 2.32. The molecule has 1 fully saturated rings. The number of carbonyl (C=O) groups excluding carboxylic acids is 1. The molecule has 0 heterocycles. The molecule has 0 aliphatic heterocycles. The molecule has 1 aliphatic rings. The fraction of sp³-hybridized carbons (Fsp3) is 0.933. The number of nitrogens with zero attached hydrogens (tertiary/aromatic N) is 1. The van der Waals surface area contributed by atoms with Crippen LogP contribution in [0.25, 0.3) is 0 Å². The van der Waals surface area contributed by atoms with Crippen molar-refractivity contribution in [2.24, 2.45) is 0 Å². The summed E-state index contributed by atoms with van der Waals surface area (Å²) in [7, 11) is 3.40. The molecule has 1 saturated carbocycles. The Kier molecular flexibility index (Phi) is 8.82. The molecule has 1 unspecified atom stereocenters. The van der Waals surface area contributed by atoms with E-state index in [1.165, 1.54) is 32.1 Å². The van der Waals surface area contributed by atoms with E-state index >= 15 is 0 Å². The average molecular weight is 286 g/mol. The van der Waals surface area contributed by atoms with E-state index in [9.17, 15) is 9.90 Å². The quantitative estimate of drug-likeness (QED) is 0.737. The normalized spacial score (nSPS) is 19.4. The van der Waals surface area contributed by atoms with Crippen molar-refractivity contribution in [1.82, 2.24) is 10.2 Å². The SMILES string of the molecule is COCC(O)CN(C)CC(=O)NC1CCCCCCC1. The Hall–Kier alpha value is -0.650. The Morgan fingerprint density at radius 3 is 2.50 bits per heavy atom. The van der Waals surface area contributed by atoms with Crippen LogP contribution in [0.3, 0.4) is 0 Å². The van der Waals surface area contributed by atoms with Crippen molar-refractivity contribution in [3.8, 4) is 0 Å². The molecule has 0 spiro atoms. The van der Waals surface area contributed by atoms with E-state index in [0.29, 0.717) is 25.7 Å².